The number of nitrogens with zero attached hydrogens (tertiary/aromatic N) is 2. The molecule has 1 aromatic carbocycles. The van der Waals surface area contributed by atoms with Crippen molar-refractivity contribution in [2.75, 3.05) is 32.9 Å². The summed E-state index contributed by atoms with van der Waals surface area (Å²) in [5.74, 6) is -1.28. The molecule has 3 N–H and O–H groups in total. The first-order valence-corrected chi connectivity index (χ1v) is 14.6. The van der Waals surface area contributed by atoms with Crippen LogP contribution in [0.5, 0.6) is 0 Å². The Labute approximate surface area is 225 Å². The van der Waals surface area contributed by atoms with Crippen LogP contribution in [0.1, 0.15) is 46.6 Å². The minimum Gasteiger partial charge on any atom is -0.352 e. The average Bonchev–Trinajstić information content (AvgIpc) is 3.20. The molecule has 0 saturated carbocycles. The zero-order valence-corrected chi connectivity index (χ0v) is 24.2. The van der Waals surface area contributed by atoms with E-state index in [0.717, 1.165) is 11.8 Å². The van der Waals surface area contributed by atoms with Crippen LogP contribution >= 0.6 is 0 Å². The number of hydrogen-bond donors (Lipinski definition) is 3. The Hall–Kier alpha value is -2.57. The maximum atomic E-state index is 13.9. The van der Waals surface area contributed by atoms with Crippen molar-refractivity contribution in [1.29, 1.82) is 0 Å². The van der Waals surface area contributed by atoms with Crippen molar-refractivity contribution in [3.63, 3.8) is 0 Å². The number of likely N-dealkylation sites (N-methyl/N-ethyl adjacent to an activating group) is 1. The van der Waals surface area contributed by atoms with Crippen LogP contribution < -0.4 is 16.0 Å². The molecule has 1 aliphatic rings. The molecule has 3 amide bonds. The number of hydrogen-bond acceptors (Lipinski definition) is 6. The number of sulfonamides is 1. The average molecular weight is 556 g/mol. The molecule has 38 heavy (non-hydrogen) atoms. The van der Waals surface area contributed by atoms with Crippen molar-refractivity contribution < 1.29 is 27.2 Å². The van der Waals surface area contributed by atoms with Crippen molar-refractivity contribution in [2.24, 2.45) is 5.41 Å². The lowest BCUT2D eigenvalue weighted by atomic mass is 9.85. The van der Waals surface area contributed by atoms with Gasteiger partial charge in [0.25, 0.3) is 0 Å². The third-order valence-corrected chi connectivity index (χ3v) is 8.05. The summed E-state index contributed by atoms with van der Waals surface area (Å²) in [4.78, 5) is 39.9. The second kappa shape index (κ2) is 13.0. The SMILES string of the molecule is CN[C@@H](C)C(=O)N[C@H](C(=O)N1C[C@@H](NC(C)=O)C[C@H]1CN(CCc1ccc(F)cc1)S(C)(=O)=O)C(C)(C)C. The zero-order valence-electron chi connectivity index (χ0n) is 23.4. The summed E-state index contributed by atoms with van der Waals surface area (Å²) in [6, 6.07) is 3.61. The van der Waals surface area contributed by atoms with Crippen LogP contribution in [-0.2, 0) is 30.8 Å². The van der Waals surface area contributed by atoms with Gasteiger partial charge in [0.05, 0.1) is 12.3 Å². The third-order valence-electron chi connectivity index (χ3n) is 6.78. The second-order valence-electron chi connectivity index (χ2n) is 11.1. The van der Waals surface area contributed by atoms with Crippen molar-refractivity contribution in [1.82, 2.24) is 25.2 Å². The van der Waals surface area contributed by atoms with E-state index in [9.17, 15) is 27.2 Å². The Bertz CT molecular complexity index is 1090. The summed E-state index contributed by atoms with van der Waals surface area (Å²) in [5, 5.41) is 8.56. The van der Waals surface area contributed by atoms with Gasteiger partial charge >= 0.3 is 0 Å². The van der Waals surface area contributed by atoms with Gasteiger partial charge in [-0.2, -0.15) is 4.31 Å². The lowest BCUT2D eigenvalue weighted by Crippen LogP contribution is -2.59. The van der Waals surface area contributed by atoms with E-state index >= 15 is 0 Å². The van der Waals surface area contributed by atoms with Gasteiger partial charge in [0.15, 0.2) is 0 Å². The fraction of sp³-hybridized carbons (Fsp3) is 0.654. The van der Waals surface area contributed by atoms with Gasteiger partial charge in [0, 0.05) is 38.6 Å². The lowest BCUT2D eigenvalue weighted by molar-refractivity contribution is -0.140. The molecule has 0 unspecified atom stereocenters. The zero-order chi connectivity index (χ0) is 28.8. The number of carbonyl (C=O) groups is 3. The van der Waals surface area contributed by atoms with Crippen LogP contribution in [0.25, 0.3) is 0 Å². The van der Waals surface area contributed by atoms with Crippen molar-refractivity contribution >= 4 is 27.7 Å². The van der Waals surface area contributed by atoms with E-state index in [-0.39, 0.29) is 49.2 Å². The lowest BCUT2D eigenvalue weighted by Gasteiger charge is -2.37. The molecule has 0 aliphatic carbocycles. The summed E-state index contributed by atoms with van der Waals surface area (Å²) in [6.07, 6.45) is 1.85. The van der Waals surface area contributed by atoms with Gasteiger partial charge in [0.1, 0.15) is 11.9 Å². The summed E-state index contributed by atoms with van der Waals surface area (Å²) >= 11 is 0. The molecule has 1 aromatic rings. The van der Waals surface area contributed by atoms with Crippen LogP contribution in [0.2, 0.25) is 0 Å². The monoisotopic (exact) mass is 555 g/mol. The minimum absolute atomic E-state index is 0.0274. The molecule has 214 valence electrons. The van der Waals surface area contributed by atoms with Crippen LogP contribution in [0, 0.1) is 11.2 Å². The molecule has 10 nitrogen and oxygen atoms in total. The number of nitrogens with one attached hydrogen (secondary N) is 3. The van der Waals surface area contributed by atoms with Crippen LogP contribution in [0.4, 0.5) is 4.39 Å². The van der Waals surface area contributed by atoms with Gasteiger partial charge in [-0.05, 0) is 49.9 Å². The van der Waals surface area contributed by atoms with Gasteiger partial charge in [-0.3, -0.25) is 14.4 Å². The highest BCUT2D eigenvalue weighted by atomic mass is 32.2. The highest BCUT2D eigenvalue weighted by Gasteiger charge is 2.43. The first-order valence-electron chi connectivity index (χ1n) is 12.8. The van der Waals surface area contributed by atoms with E-state index in [1.165, 1.54) is 23.4 Å². The van der Waals surface area contributed by atoms with Gasteiger partial charge in [0.2, 0.25) is 27.7 Å². The Kier molecular flexibility index (Phi) is 10.8. The highest BCUT2D eigenvalue weighted by molar-refractivity contribution is 7.88. The van der Waals surface area contributed by atoms with E-state index in [0.29, 0.717) is 12.8 Å². The van der Waals surface area contributed by atoms with Gasteiger partial charge in [-0.15, -0.1) is 0 Å². The first-order chi connectivity index (χ1) is 17.5. The quantitative estimate of drug-likeness (QED) is 0.372. The molecule has 4 atom stereocenters. The maximum absolute atomic E-state index is 13.9. The predicted octanol–water partition coefficient (Wildman–Crippen LogP) is 0.874. The number of rotatable bonds is 11. The molecule has 0 spiro atoms. The van der Waals surface area contributed by atoms with Crippen molar-refractivity contribution in [3.05, 3.63) is 35.6 Å². The number of likely N-dealkylation sites (tertiary alicyclic amines) is 1. The molecular weight excluding hydrogens is 513 g/mol. The number of carbonyl (C=O) groups excluding carboxylic acids is 3. The topological polar surface area (TPSA) is 128 Å². The molecule has 1 aliphatic heterocycles. The summed E-state index contributed by atoms with van der Waals surface area (Å²) in [7, 11) is -2.00. The normalized spacial score (nSPS) is 19.8. The Morgan fingerprint density at radius 1 is 1.18 bits per heavy atom. The molecule has 0 bridgehead atoms. The fourth-order valence-corrected chi connectivity index (χ4v) is 5.36. The van der Waals surface area contributed by atoms with E-state index in [2.05, 4.69) is 16.0 Å². The molecule has 1 fully saturated rings. The molecule has 0 radical (unpaired) electrons. The van der Waals surface area contributed by atoms with E-state index in [1.807, 2.05) is 20.8 Å². The van der Waals surface area contributed by atoms with Gasteiger partial charge in [-0.1, -0.05) is 32.9 Å². The fourth-order valence-electron chi connectivity index (χ4n) is 4.50. The number of benzene rings is 1. The Morgan fingerprint density at radius 3 is 2.29 bits per heavy atom. The van der Waals surface area contributed by atoms with Gasteiger partial charge in [-0.25, -0.2) is 12.8 Å². The minimum atomic E-state index is -3.65. The molecule has 12 heteroatoms. The predicted molar refractivity (Wildman–Crippen MR) is 144 cm³/mol. The molecule has 2 rings (SSSR count). The Morgan fingerprint density at radius 2 is 1.79 bits per heavy atom. The van der Waals surface area contributed by atoms with E-state index in [4.69, 9.17) is 0 Å². The van der Waals surface area contributed by atoms with Crippen molar-refractivity contribution in [2.45, 2.75) is 71.6 Å². The number of amides is 3. The summed E-state index contributed by atoms with van der Waals surface area (Å²) < 4.78 is 40.0. The molecular formula is C26H42FN5O5S. The van der Waals surface area contributed by atoms with Crippen LogP contribution in [0.15, 0.2) is 24.3 Å². The second-order valence-corrected chi connectivity index (χ2v) is 13.1. The maximum Gasteiger partial charge on any atom is 0.246 e. The number of halogens is 1. The molecule has 0 aromatic heterocycles. The highest BCUT2D eigenvalue weighted by Crippen LogP contribution is 2.27. The van der Waals surface area contributed by atoms with Gasteiger partial charge < -0.3 is 20.9 Å². The summed E-state index contributed by atoms with van der Waals surface area (Å²) in [5.41, 5.74) is 0.153. The van der Waals surface area contributed by atoms with E-state index in [1.54, 1.807) is 31.0 Å². The molecule has 1 saturated heterocycles. The standard InChI is InChI=1S/C26H42FN5O5S/c1-17(28-6)24(34)30-23(26(3,4)5)25(35)32-15-21(29-18(2)33)14-22(32)16-31(38(7,36)37)13-12-19-8-10-20(27)11-9-19/h8-11,17,21-23,28H,12-16H2,1-7H3,(H,29,33)(H,30,34)/t17-,21-,22-,23+/m0/s1. The largest absolute Gasteiger partial charge is 0.352 e. The van der Waals surface area contributed by atoms with E-state index < -0.39 is 33.6 Å². The van der Waals surface area contributed by atoms with Crippen molar-refractivity contribution in [3.8, 4) is 0 Å². The molecule has 1 heterocycles. The van der Waals surface area contributed by atoms with Crippen LogP contribution in [0.3, 0.4) is 0 Å². The third kappa shape index (κ3) is 9.02. The Balaban J connectivity index is 2.32. The summed E-state index contributed by atoms with van der Waals surface area (Å²) in [6.45, 7) is 9.00. The smallest absolute Gasteiger partial charge is 0.246 e. The first kappa shape index (κ1) is 31.6. The van der Waals surface area contributed by atoms with Crippen LogP contribution in [-0.4, -0.2) is 92.4 Å².